The van der Waals surface area contributed by atoms with Crippen LogP contribution in [0.5, 0.6) is 0 Å². The maximum atomic E-state index is 4.26. The molecule has 0 unspecified atom stereocenters. The molecule has 90 valence electrons. The second kappa shape index (κ2) is 5.51. The van der Waals surface area contributed by atoms with E-state index in [1.54, 1.807) is 11.3 Å². The molecule has 5 heteroatoms. The van der Waals surface area contributed by atoms with Gasteiger partial charge >= 0.3 is 0 Å². The molecule has 1 aromatic carbocycles. The van der Waals surface area contributed by atoms with E-state index in [2.05, 4.69) is 48.6 Å². The van der Waals surface area contributed by atoms with Crippen LogP contribution in [0.1, 0.15) is 5.69 Å². The van der Waals surface area contributed by atoms with Crippen molar-refractivity contribution in [1.29, 1.82) is 0 Å². The number of nitrogens with zero attached hydrogens (tertiary/aromatic N) is 2. The molecule has 0 amide bonds. The summed E-state index contributed by atoms with van der Waals surface area (Å²) in [6.07, 6.45) is 0. The van der Waals surface area contributed by atoms with Crippen molar-refractivity contribution < 1.29 is 0 Å². The largest absolute Gasteiger partial charge is 0.378 e. The molecule has 0 spiro atoms. The van der Waals surface area contributed by atoms with Crippen molar-refractivity contribution in [3.8, 4) is 0 Å². The SMILES string of the molecule is CN(C)c1ccc(Br)cc1NCc1cscn1. The van der Waals surface area contributed by atoms with Gasteiger partial charge in [-0.05, 0) is 18.2 Å². The Morgan fingerprint density at radius 3 is 2.88 bits per heavy atom. The lowest BCUT2D eigenvalue weighted by molar-refractivity contribution is 1.06. The van der Waals surface area contributed by atoms with E-state index in [1.165, 1.54) is 5.69 Å². The Balaban J connectivity index is 2.16. The maximum absolute atomic E-state index is 4.26. The molecule has 1 aromatic heterocycles. The molecule has 0 bridgehead atoms. The van der Waals surface area contributed by atoms with Crippen LogP contribution in [-0.2, 0) is 6.54 Å². The van der Waals surface area contributed by atoms with Crippen LogP contribution in [0, 0.1) is 0 Å². The Kier molecular flexibility index (Phi) is 4.02. The molecule has 0 saturated carbocycles. The van der Waals surface area contributed by atoms with E-state index in [1.807, 2.05) is 25.7 Å². The average molecular weight is 312 g/mol. The van der Waals surface area contributed by atoms with E-state index in [9.17, 15) is 0 Å². The summed E-state index contributed by atoms with van der Waals surface area (Å²) in [5, 5.41) is 5.47. The molecule has 17 heavy (non-hydrogen) atoms. The van der Waals surface area contributed by atoms with E-state index >= 15 is 0 Å². The number of rotatable bonds is 4. The van der Waals surface area contributed by atoms with Crippen LogP contribution in [0.25, 0.3) is 0 Å². The predicted octanol–water partition coefficient (Wildman–Crippen LogP) is 3.58. The summed E-state index contributed by atoms with van der Waals surface area (Å²) in [5.41, 5.74) is 5.20. The third-order valence-corrected chi connectivity index (χ3v) is 3.51. The monoisotopic (exact) mass is 311 g/mol. The van der Waals surface area contributed by atoms with Gasteiger partial charge in [-0.1, -0.05) is 15.9 Å². The number of benzene rings is 1. The topological polar surface area (TPSA) is 28.2 Å². The second-order valence-electron chi connectivity index (χ2n) is 3.89. The first-order chi connectivity index (χ1) is 8.16. The van der Waals surface area contributed by atoms with Gasteiger partial charge in [-0.2, -0.15) is 0 Å². The smallest absolute Gasteiger partial charge is 0.0795 e. The van der Waals surface area contributed by atoms with Crippen molar-refractivity contribution >= 4 is 38.6 Å². The van der Waals surface area contributed by atoms with Crippen LogP contribution < -0.4 is 10.2 Å². The molecule has 0 aliphatic rings. The Labute approximate surface area is 114 Å². The number of hydrogen-bond acceptors (Lipinski definition) is 4. The van der Waals surface area contributed by atoms with Crippen molar-refractivity contribution in [2.45, 2.75) is 6.54 Å². The molecular weight excluding hydrogens is 298 g/mol. The van der Waals surface area contributed by atoms with Gasteiger partial charge in [0.1, 0.15) is 0 Å². The molecule has 0 aliphatic heterocycles. The summed E-state index contributed by atoms with van der Waals surface area (Å²) >= 11 is 5.11. The van der Waals surface area contributed by atoms with Gasteiger partial charge < -0.3 is 10.2 Å². The van der Waals surface area contributed by atoms with E-state index in [0.29, 0.717) is 0 Å². The van der Waals surface area contributed by atoms with Gasteiger partial charge in [0.2, 0.25) is 0 Å². The van der Waals surface area contributed by atoms with Crippen molar-refractivity contribution in [2.24, 2.45) is 0 Å². The minimum Gasteiger partial charge on any atom is -0.378 e. The van der Waals surface area contributed by atoms with Crippen molar-refractivity contribution in [2.75, 3.05) is 24.3 Å². The third kappa shape index (κ3) is 3.20. The lowest BCUT2D eigenvalue weighted by Gasteiger charge is -2.18. The number of hydrogen-bond donors (Lipinski definition) is 1. The Hall–Kier alpha value is -1.07. The van der Waals surface area contributed by atoms with Crippen LogP contribution in [0.3, 0.4) is 0 Å². The number of nitrogens with one attached hydrogen (secondary N) is 1. The molecule has 2 rings (SSSR count). The Morgan fingerprint density at radius 2 is 2.24 bits per heavy atom. The number of aromatic nitrogens is 1. The van der Waals surface area contributed by atoms with E-state index < -0.39 is 0 Å². The molecular formula is C12H14BrN3S. The van der Waals surface area contributed by atoms with Gasteiger partial charge in [-0.15, -0.1) is 11.3 Å². The first kappa shape index (κ1) is 12.4. The van der Waals surface area contributed by atoms with E-state index in [0.717, 1.165) is 22.4 Å². The van der Waals surface area contributed by atoms with Gasteiger partial charge in [-0.3, -0.25) is 0 Å². The number of thiazole rings is 1. The first-order valence-corrected chi connectivity index (χ1v) is 6.98. The van der Waals surface area contributed by atoms with E-state index in [-0.39, 0.29) is 0 Å². The molecule has 1 heterocycles. The van der Waals surface area contributed by atoms with Crippen molar-refractivity contribution in [1.82, 2.24) is 4.98 Å². The first-order valence-electron chi connectivity index (χ1n) is 5.24. The fourth-order valence-electron chi connectivity index (χ4n) is 1.55. The highest BCUT2D eigenvalue weighted by Gasteiger charge is 2.05. The molecule has 2 aromatic rings. The molecule has 1 N–H and O–H groups in total. The normalized spacial score (nSPS) is 10.3. The van der Waals surface area contributed by atoms with Gasteiger partial charge in [0, 0.05) is 23.9 Å². The average Bonchev–Trinajstić information content (AvgIpc) is 2.78. The molecule has 0 atom stereocenters. The van der Waals surface area contributed by atoms with Gasteiger partial charge in [0.15, 0.2) is 0 Å². The lowest BCUT2D eigenvalue weighted by Crippen LogP contribution is -2.12. The van der Waals surface area contributed by atoms with Crippen LogP contribution in [0.4, 0.5) is 11.4 Å². The third-order valence-electron chi connectivity index (χ3n) is 2.38. The summed E-state index contributed by atoms with van der Waals surface area (Å²) in [6.45, 7) is 0.751. The molecule has 0 radical (unpaired) electrons. The number of halogens is 1. The van der Waals surface area contributed by atoms with Gasteiger partial charge in [0.25, 0.3) is 0 Å². The van der Waals surface area contributed by atoms with Crippen LogP contribution >= 0.6 is 27.3 Å². The second-order valence-corrected chi connectivity index (χ2v) is 5.52. The highest BCUT2D eigenvalue weighted by atomic mass is 79.9. The fraction of sp³-hybridized carbons (Fsp3) is 0.250. The minimum absolute atomic E-state index is 0.751. The quantitative estimate of drug-likeness (QED) is 0.935. The predicted molar refractivity (Wildman–Crippen MR) is 77.9 cm³/mol. The molecule has 3 nitrogen and oxygen atoms in total. The van der Waals surface area contributed by atoms with Crippen LogP contribution in [0.15, 0.2) is 33.6 Å². The zero-order valence-electron chi connectivity index (χ0n) is 9.77. The van der Waals surface area contributed by atoms with Crippen molar-refractivity contribution in [3.63, 3.8) is 0 Å². The van der Waals surface area contributed by atoms with E-state index in [4.69, 9.17) is 0 Å². The summed E-state index contributed by atoms with van der Waals surface area (Å²) in [6, 6.07) is 6.22. The maximum Gasteiger partial charge on any atom is 0.0795 e. The van der Waals surface area contributed by atoms with Gasteiger partial charge in [-0.25, -0.2) is 4.98 Å². The summed E-state index contributed by atoms with van der Waals surface area (Å²) in [7, 11) is 4.08. The lowest BCUT2D eigenvalue weighted by atomic mass is 10.2. The summed E-state index contributed by atoms with van der Waals surface area (Å²) in [4.78, 5) is 6.35. The van der Waals surface area contributed by atoms with Crippen LogP contribution in [0.2, 0.25) is 0 Å². The standard InChI is InChI=1S/C12H14BrN3S/c1-16(2)12-4-3-9(13)5-11(12)14-6-10-7-17-8-15-10/h3-5,7-8,14H,6H2,1-2H3. The zero-order chi connectivity index (χ0) is 12.3. The molecule has 0 fully saturated rings. The minimum atomic E-state index is 0.751. The Morgan fingerprint density at radius 1 is 1.41 bits per heavy atom. The van der Waals surface area contributed by atoms with Crippen molar-refractivity contribution in [3.05, 3.63) is 39.3 Å². The zero-order valence-corrected chi connectivity index (χ0v) is 12.2. The molecule has 0 saturated heterocycles. The summed E-state index contributed by atoms with van der Waals surface area (Å²) < 4.78 is 1.07. The summed E-state index contributed by atoms with van der Waals surface area (Å²) in [5.74, 6) is 0. The number of anilines is 2. The highest BCUT2D eigenvalue weighted by Crippen LogP contribution is 2.28. The molecule has 0 aliphatic carbocycles. The fourth-order valence-corrected chi connectivity index (χ4v) is 2.47. The van der Waals surface area contributed by atoms with Gasteiger partial charge in [0.05, 0.1) is 29.1 Å². The highest BCUT2D eigenvalue weighted by molar-refractivity contribution is 9.10. The Bertz CT molecular complexity index is 483. The van der Waals surface area contributed by atoms with Crippen LogP contribution in [-0.4, -0.2) is 19.1 Å².